The summed E-state index contributed by atoms with van der Waals surface area (Å²) in [6, 6.07) is 8.84. The number of hydrogen-bond acceptors (Lipinski definition) is 5. The number of fused-ring (bicyclic) bond motifs is 1. The van der Waals surface area contributed by atoms with Crippen LogP contribution >= 0.6 is 24.0 Å². The minimum absolute atomic E-state index is 0. The highest BCUT2D eigenvalue weighted by Crippen LogP contribution is 2.25. The lowest BCUT2D eigenvalue weighted by atomic mass is 9.86. The number of nitrogens with one attached hydrogen (secondary N) is 2. The van der Waals surface area contributed by atoms with Crippen molar-refractivity contribution >= 4 is 35.9 Å². The average molecular weight is 559 g/mol. The molecule has 3 N–H and O–H groups in total. The van der Waals surface area contributed by atoms with Crippen molar-refractivity contribution in [3.8, 4) is 0 Å². The van der Waals surface area contributed by atoms with Crippen LogP contribution in [0.4, 0.5) is 0 Å². The monoisotopic (exact) mass is 558 g/mol. The summed E-state index contributed by atoms with van der Waals surface area (Å²) in [5.41, 5.74) is 2.78. The molecule has 1 fully saturated rings. The summed E-state index contributed by atoms with van der Waals surface area (Å²) in [5, 5.41) is 17.3. The number of carbonyl (C=O) groups excluding carboxylic acids is 1. The van der Waals surface area contributed by atoms with Crippen molar-refractivity contribution in [1.82, 2.24) is 15.5 Å². The average Bonchev–Trinajstić information content (AvgIpc) is 2.78. The molecule has 2 aliphatic rings. The van der Waals surface area contributed by atoms with Crippen LogP contribution in [0.1, 0.15) is 50.7 Å². The van der Waals surface area contributed by atoms with E-state index in [-0.39, 0.29) is 35.9 Å². The van der Waals surface area contributed by atoms with Gasteiger partial charge in [-0.15, -0.1) is 24.0 Å². The zero-order valence-corrected chi connectivity index (χ0v) is 21.7. The Morgan fingerprint density at radius 1 is 1.22 bits per heavy atom. The number of β-amino-alcohol motifs (C(OH)–C–C–N with tert-alkyl or cyclic N) is 1. The highest BCUT2D eigenvalue weighted by Gasteiger charge is 2.27. The van der Waals surface area contributed by atoms with E-state index < -0.39 is 6.10 Å². The number of hydrogen-bond donors (Lipinski definition) is 3. The van der Waals surface area contributed by atoms with Crippen molar-refractivity contribution in [3.05, 3.63) is 35.4 Å². The van der Waals surface area contributed by atoms with E-state index in [1.54, 1.807) is 0 Å². The first-order chi connectivity index (χ1) is 15.1. The predicted octanol–water partition coefficient (Wildman–Crippen LogP) is 2.70. The van der Waals surface area contributed by atoms with Crippen LogP contribution in [0.3, 0.4) is 0 Å². The first-order valence-corrected chi connectivity index (χ1v) is 11.8. The van der Waals surface area contributed by atoms with Gasteiger partial charge in [-0.3, -0.25) is 14.7 Å². The Labute approximate surface area is 209 Å². The number of halogens is 1. The maximum atomic E-state index is 11.9. The van der Waals surface area contributed by atoms with Crippen LogP contribution in [0.2, 0.25) is 0 Å². The van der Waals surface area contributed by atoms with E-state index >= 15 is 0 Å². The number of nitrogens with zero attached hydrogens (tertiary/aromatic N) is 2. The summed E-state index contributed by atoms with van der Waals surface area (Å²) < 4.78 is 5.16. The van der Waals surface area contributed by atoms with E-state index in [2.05, 4.69) is 44.8 Å². The van der Waals surface area contributed by atoms with E-state index in [1.165, 1.54) is 11.1 Å². The number of benzene rings is 1. The molecule has 1 aliphatic carbocycles. The Kier molecular flexibility index (Phi) is 11.7. The fourth-order valence-electron chi connectivity index (χ4n) is 4.51. The van der Waals surface area contributed by atoms with Crippen molar-refractivity contribution in [1.29, 1.82) is 0 Å². The Hall–Kier alpha value is -1.39. The maximum absolute atomic E-state index is 11.9. The molecule has 0 spiro atoms. The molecule has 1 saturated carbocycles. The number of rotatable bonds is 8. The molecule has 1 heterocycles. The molecule has 1 aliphatic heterocycles. The molecule has 32 heavy (non-hydrogen) atoms. The maximum Gasteiger partial charge on any atom is 0.308 e. The number of aliphatic imine (C=N–C) groups is 1. The number of aliphatic hydroxyl groups excluding tert-OH is 1. The van der Waals surface area contributed by atoms with Crippen LogP contribution < -0.4 is 10.6 Å². The first-order valence-electron chi connectivity index (χ1n) is 11.8. The molecule has 7 nitrogen and oxygen atoms in total. The molecule has 3 rings (SSSR count). The molecular weight excluding hydrogens is 519 g/mol. The fourth-order valence-corrected chi connectivity index (χ4v) is 4.51. The molecule has 0 amide bonds. The zero-order chi connectivity index (χ0) is 22.1. The number of guanidine groups is 1. The number of esters is 1. The van der Waals surface area contributed by atoms with E-state index in [9.17, 15) is 9.90 Å². The molecule has 1 aromatic rings. The van der Waals surface area contributed by atoms with Gasteiger partial charge in [0.15, 0.2) is 5.96 Å². The van der Waals surface area contributed by atoms with E-state index in [0.717, 1.165) is 57.7 Å². The van der Waals surface area contributed by atoms with Crippen molar-refractivity contribution in [2.75, 3.05) is 32.8 Å². The van der Waals surface area contributed by atoms with Gasteiger partial charge in [0.1, 0.15) is 0 Å². The third-order valence-electron chi connectivity index (χ3n) is 6.17. The highest BCUT2D eigenvalue weighted by molar-refractivity contribution is 14.0. The predicted molar refractivity (Wildman–Crippen MR) is 138 cm³/mol. The second-order valence-corrected chi connectivity index (χ2v) is 8.57. The normalized spacial score (nSPS) is 22.3. The van der Waals surface area contributed by atoms with E-state index in [0.29, 0.717) is 25.7 Å². The molecule has 0 aromatic heterocycles. The van der Waals surface area contributed by atoms with E-state index in [4.69, 9.17) is 4.74 Å². The van der Waals surface area contributed by atoms with Gasteiger partial charge in [-0.2, -0.15) is 0 Å². The molecule has 1 aromatic carbocycles. The van der Waals surface area contributed by atoms with Crippen LogP contribution in [-0.2, 0) is 22.5 Å². The topological polar surface area (TPSA) is 86.2 Å². The van der Waals surface area contributed by atoms with Crippen LogP contribution in [0.5, 0.6) is 0 Å². The van der Waals surface area contributed by atoms with E-state index in [1.807, 2.05) is 13.8 Å². The lowest BCUT2D eigenvalue weighted by Crippen LogP contribution is -2.46. The second-order valence-electron chi connectivity index (χ2n) is 8.57. The lowest BCUT2D eigenvalue weighted by Gasteiger charge is -2.30. The second kappa shape index (κ2) is 14.0. The smallest absolute Gasteiger partial charge is 0.308 e. The van der Waals surface area contributed by atoms with Gasteiger partial charge in [0.2, 0.25) is 0 Å². The van der Waals surface area contributed by atoms with Gasteiger partial charge in [-0.1, -0.05) is 24.3 Å². The van der Waals surface area contributed by atoms with Gasteiger partial charge in [0.05, 0.1) is 25.2 Å². The Bertz CT molecular complexity index is 738. The molecular formula is C24H39IN4O3. The number of aliphatic hydroxyl groups is 1. The minimum atomic E-state index is -0.500. The van der Waals surface area contributed by atoms with Gasteiger partial charge in [0, 0.05) is 32.2 Å². The highest BCUT2D eigenvalue weighted by atomic mass is 127. The van der Waals surface area contributed by atoms with Gasteiger partial charge in [-0.25, -0.2) is 0 Å². The van der Waals surface area contributed by atoms with Crippen LogP contribution in [0.25, 0.3) is 0 Å². The Morgan fingerprint density at radius 2 is 1.94 bits per heavy atom. The van der Waals surface area contributed by atoms with Crippen molar-refractivity contribution in [2.45, 2.75) is 64.6 Å². The molecule has 0 radical (unpaired) electrons. The Balaban J connectivity index is 0.00000363. The van der Waals surface area contributed by atoms with Crippen LogP contribution in [0, 0.1) is 5.92 Å². The number of ether oxygens (including phenoxy) is 1. The summed E-state index contributed by atoms with van der Waals surface area (Å²) in [6.45, 7) is 7.95. The van der Waals surface area contributed by atoms with Crippen LogP contribution in [-0.4, -0.2) is 66.9 Å². The summed E-state index contributed by atoms with van der Waals surface area (Å²) in [7, 11) is 0. The fraction of sp³-hybridized carbons (Fsp3) is 0.667. The Morgan fingerprint density at radius 3 is 2.62 bits per heavy atom. The summed E-state index contributed by atoms with van der Waals surface area (Å²) in [6.07, 6.45) is 4.06. The third kappa shape index (κ3) is 8.19. The van der Waals surface area contributed by atoms with Crippen LogP contribution in [0.15, 0.2) is 29.3 Å². The first kappa shape index (κ1) is 26.9. The van der Waals surface area contributed by atoms with Gasteiger partial charge in [-0.05, 0) is 57.1 Å². The number of carbonyl (C=O) groups is 1. The molecule has 1 unspecified atom stereocenters. The summed E-state index contributed by atoms with van der Waals surface area (Å²) >= 11 is 0. The van der Waals surface area contributed by atoms with Gasteiger partial charge < -0.3 is 20.5 Å². The lowest BCUT2D eigenvalue weighted by molar-refractivity contribution is -0.149. The minimum Gasteiger partial charge on any atom is -0.466 e. The van der Waals surface area contributed by atoms with Crippen molar-refractivity contribution < 1.29 is 14.6 Å². The van der Waals surface area contributed by atoms with Crippen molar-refractivity contribution in [3.63, 3.8) is 0 Å². The third-order valence-corrected chi connectivity index (χ3v) is 6.17. The zero-order valence-electron chi connectivity index (χ0n) is 19.4. The largest absolute Gasteiger partial charge is 0.466 e. The molecule has 0 bridgehead atoms. The summed E-state index contributed by atoms with van der Waals surface area (Å²) in [4.78, 5) is 18.9. The quantitative estimate of drug-likeness (QED) is 0.197. The summed E-state index contributed by atoms with van der Waals surface area (Å²) in [5.74, 6) is 0.698. The van der Waals surface area contributed by atoms with Gasteiger partial charge in [0.25, 0.3) is 0 Å². The molecule has 0 saturated heterocycles. The SMILES string of the molecule is CCNC(=NCC(O)CN1CCc2ccccc2C1)NC1CCC(C(=O)OCC)CC1.I. The molecule has 8 heteroatoms. The standard InChI is InChI=1S/C24H38N4O3.HI/c1-3-25-24(27-21-11-9-19(10-12-21)23(30)31-4-2)26-15-22(29)17-28-14-13-18-7-5-6-8-20(18)16-28;/h5-8,19,21-22,29H,3-4,9-17H2,1-2H3,(H2,25,26,27);1H. The molecule has 1 atom stereocenters. The molecule has 180 valence electrons. The van der Waals surface area contributed by atoms with Crippen molar-refractivity contribution in [2.24, 2.45) is 10.9 Å². The van der Waals surface area contributed by atoms with Gasteiger partial charge >= 0.3 is 5.97 Å².